The van der Waals surface area contributed by atoms with Crippen molar-refractivity contribution < 1.29 is 17.9 Å². The van der Waals surface area contributed by atoms with E-state index in [-0.39, 0.29) is 0 Å². The molecular formula is C21H26N8O4S. The minimum absolute atomic E-state index is 0.308. The molecule has 0 spiro atoms. The highest BCUT2D eigenvalue weighted by Crippen LogP contribution is 2.26. The van der Waals surface area contributed by atoms with Crippen LogP contribution in [0.4, 0.5) is 5.82 Å². The Morgan fingerprint density at radius 1 is 1.03 bits per heavy atom. The topological polar surface area (TPSA) is 118 Å². The molecule has 0 atom stereocenters. The van der Waals surface area contributed by atoms with Crippen molar-refractivity contribution in [2.75, 3.05) is 64.5 Å². The average Bonchev–Trinajstić information content (AvgIpc) is 3.27. The van der Waals surface area contributed by atoms with Crippen LogP contribution in [0.5, 0.6) is 6.01 Å². The summed E-state index contributed by atoms with van der Waals surface area (Å²) in [5, 5.41) is 0. The number of aromatic nitrogens is 5. The Morgan fingerprint density at radius 3 is 2.44 bits per heavy atom. The summed E-state index contributed by atoms with van der Waals surface area (Å²) in [4.78, 5) is 24.6. The zero-order valence-corrected chi connectivity index (χ0v) is 19.7. The maximum Gasteiger partial charge on any atom is 0.316 e. The molecule has 0 radical (unpaired) electrons. The summed E-state index contributed by atoms with van der Waals surface area (Å²) < 4.78 is 34.4. The summed E-state index contributed by atoms with van der Waals surface area (Å²) >= 11 is 0. The minimum atomic E-state index is -2.17. The summed E-state index contributed by atoms with van der Waals surface area (Å²) in [7, 11) is -0.635. The summed E-state index contributed by atoms with van der Waals surface area (Å²) in [6.45, 7) is 6.33. The van der Waals surface area contributed by atoms with Crippen molar-refractivity contribution in [1.29, 1.82) is 0 Å². The lowest BCUT2D eigenvalue weighted by molar-refractivity contribution is 0.122. The smallest absolute Gasteiger partial charge is 0.316 e. The number of morpholine rings is 1. The van der Waals surface area contributed by atoms with Gasteiger partial charge in [-0.3, -0.25) is 9.80 Å². The first-order valence-electron chi connectivity index (χ1n) is 11.1. The predicted octanol–water partition coefficient (Wildman–Crippen LogP) is -0.212. The van der Waals surface area contributed by atoms with Gasteiger partial charge in [-0.2, -0.15) is 8.42 Å². The molecule has 2 aliphatic heterocycles. The maximum absolute atomic E-state index is 10.9. The van der Waals surface area contributed by atoms with Gasteiger partial charge < -0.3 is 18.8 Å². The molecule has 0 saturated carbocycles. The van der Waals surface area contributed by atoms with E-state index < -0.39 is 10.3 Å². The van der Waals surface area contributed by atoms with Crippen molar-refractivity contribution in [3.63, 3.8) is 0 Å². The highest BCUT2D eigenvalue weighted by molar-refractivity contribution is 7.71. The van der Waals surface area contributed by atoms with Gasteiger partial charge in [-0.05, 0) is 0 Å². The van der Waals surface area contributed by atoms with Crippen LogP contribution in [0.25, 0.3) is 16.9 Å². The summed E-state index contributed by atoms with van der Waals surface area (Å²) in [5.41, 5.74) is 4.52. The number of imidazole rings is 1. The van der Waals surface area contributed by atoms with Gasteiger partial charge in [0, 0.05) is 76.2 Å². The standard InChI is InChI=1S/C21H26N8O4S/c1-32-21-22-10-16(11-23-21)18-14-29-13-17(12-26-2-4-27(5-3-26)15-34(30)31)24-19(29)20(25-18)28-6-8-33-9-7-28/h10-11,13-15H,2-9,12H2,1H3. The fourth-order valence-corrected chi connectivity index (χ4v) is 4.62. The number of nitrogens with zero attached hydrogens (tertiary/aromatic N) is 8. The second-order valence-corrected chi connectivity index (χ2v) is 8.88. The number of fused-ring (bicyclic) bond motifs is 1. The maximum atomic E-state index is 10.9. The first-order chi connectivity index (χ1) is 16.6. The van der Waals surface area contributed by atoms with Crippen molar-refractivity contribution in [2.24, 2.45) is 0 Å². The van der Waals surface area contributed by atoms with E-state index >= 15 is 0 Å². The van der Waals surface area contributed by atoms with E-state index in [1.54, 1.807) is 12.4 Å². The number of ether oxygens (including phenoxy) is 2. The molecule has 0 aromatic carbocycles. The van der Waals surface area contributed by atoms with Crippen LogP contribution in [-0.2, 0) is 21.6 Å². The van der Waals surface area contributed by atoms with Gasteiger partial charge in [-0.25, -0.2) is 19.9 Å². The SMILES string of the molecule is COc1ncc(-c2cn3cc(CN4CCN(C=S(=O)=O)CC4)nc3c(N3CCOCC3)n2)cn1. The van der Waals surface area contributed by atoms with Crippen molar-refractivity contribution in [3.05, 3.63) is 30.5 Å². The van der Waals surface area contributed by atoms with Gasteiger partial charge in [0.25, 0.3) is 0 Å². The van der Waals surface area contributed by atoms with Gasteiger partial charge in [0.05, 0.1) is 31.7 Å². The van der Waals surface area contributed by atoms with Crippen LogP contribution < -0.4 is 9.64 Å². The molecule has 5 rings (SSSR count). The fourth-order valence-electron chi connectivity index (χ4n) is 4.17. The lowest BCUT2D eigenvalue weighted by Gasteiger charge is -2.31. The van der Waals surface area contributed by atoms with Gasteiger partial charge in [0.1, 0.15) is 5.49 Å². The molecule has 3 aromatic rings. The van der Waals surface area contributed by atoms with E-state index in [0.717, 1.165) is 54.6 Å². The number of methoxy groups -OCH3 is 1. The zero-order valence-electron chi connectivity index (χ0n) is 18.9. The van der Waals surface area contributed by atoms with Crippen molar-refractivity contribution in [1.82, 2.24) is 34.1 Å². The van der Waals surface area contributed by atoms with Crippen molar-refractivity contribution >= 4 is 27.2 Å². The largest absolute Gasteiger partial charge is 0.467 e. The fraction of sp³-hybridized carbons (Fsp3) is 0.476. The minimum Gasteiger partial charge on any atom is -0.467 e. The molecule has 0 aliphatic carbocycles. The zero-order chi connectivity index (χ0) is 23.5. The normalized spacial score (nSPS) is 17.7. The van der Waals surface area contributed by atoms with Gasteiger partial charge >= 0.3 is 6.01 Å². The highest BCUT2D eigenvalue weighted by Gasteiger charge is 2.21. The number of anilines is 1. The van der Waals surface area contributed by atoms with Gasteiger partial charge in [0.15, 0.2) is 11.5 Å². The van der Waals surface area contributed by atoms with Crippen LogP contribution in [0.2, 0.25) is 0 Å². The summed E-state index contributed by atoms with van der Waals surface area (Å²) in [6.07, 6.45) is 7.37. The van der Waals surface area contributed by atoms with E-state index in [4.69, 9.17) is 19.4 Å². The van der Waals surface area contributed by atoms with E-state index in [1.807, 2.05) is 21.7 Å². The molecule has 180 valence electrons. The lowest BCUT2D eigenvalue weighted by atomic mass is 10.2. The molecule has 0 amide bonds. The molecule has 2 aliphatic rings. The second-order valence-electron chi connectivity index (χ2n) is 8.15. The predicted molar refractivity (Wildman–Crippen MR) is 125 cm³/mol. The first kappa shape index (κ1) is 22.7. The van der Waals surface area contributed by atoms with Crippen LogP contribution in [0, 0.1) is 0 Å². The van der Waals surface area contributed by atoms with Gasteiger partial charge in [-0.15, -0.1) is 0 Å². The van der Waals surface area contributed by atoms with Crippen LogP contribution in [-0.4, -0.2) is 108 Å². The molecule has 5 heterocycles. The van der Waals surface area contributed by atoms with Gasteiger partial charge in [-0.1, -0.05) is 0 Å². The Kier molecular flexibility index (Phi) is 6.67. The van der Waals surface area contributed by atoms with Crippen molar-refractivity contribution in [3.8, 4) is 17.3 Å². The van der Waals surface area contributed by atoms with Crippen molar-refractivity contribution in [2.45, 2.75) is 6.54 Å². The van der Waals surface area contributed by atoms with E-state index in [1.165, 1.54) is 12.6 Å². The molecule has 3 aromatic heterocycles. The molecule has 2 saturated heterocycles. The Morgan fingerprint density at radius 2 is 1.76 bits per heavy atom. The molecule has 0 unspecified atom stereocenters. The molecule has 2 fully saturated rings. The highest BCUT2D eigenvalue weighted by atomic mass is 32.2. The lowest BCUT2D eigenvalue weighted by Crippen LogP contribution is -2.45. The Balaban J connectivity index is 1.44. The third-order valence-electron chi connectivity index (χ3n) is 5.91. The number of piperazine rings is 1. The third-order valence-corrected chi connectivity index (χ3v) is 6.38. The average molecular weight is 487 g/mol. The van der Waals surface area contributed by atoms with Crippen LogP contribution in [0.15, 0.2) is 24.8 Å². The molecule has 0 N–H and O–H groups in total. The van der Waals surface area contributed by atoms with E-state index in [9.17, 15) is 8.42 Å². The molecule has 12 nitrogen and oxygen atoms in total. The van der Waals surface area contributed by atoms with Gasteiger partial charge in [0.2, 0.25) is 10.3 Å². The van der Waals surface area contributed by atoms with Crippen LogP contribution >= 0.6 is 0 Å². The molecular weight excluding hydrogens is 460 g/mol. The second kappa shape index (κ2) is 10.0. The number of hydrogen-bond donors (Lipinski definition) is 0. The Bertz CT molecular complexity index is 1270. The van der Waals surface area contributed by atoms with Crippen LogP contribution in [0.1, 0.15) is 5.69 Å². The van der Waals surface area contributed by atoms with E-state index in [0.29, 0.717) is 38.9 Å². The third kappa shape index (κ3) is 5.01. The monoisotopic (exact) mass is 486 g/mol. The number of hydrogen-bond acceptors (Lipinski definition) is 10. The first-order valence-corrected chi connectivity index (χ1v) is 12.2. The summed E-state index contributed by atoms with van der Waals surface area (Å²) in [5.74, 6) is 0.806. The number of rotatable bonds is 6. The van der Waals surface area contributed by atoms with E-state index in [2.05, 4.69) is 19.8 Å². The quantitative estimate of drug-likeness (QED) is 0.431. The Hall–Kier alpha value is -3.13. The molecule has 0 bridgehead atoms. The van der Waals surface area contributed by atoms with Crippen LogP contribution in [0.3, 0.4) is 0 Å². The Labute approximate surface area is 198 Å². The molecule has 34 heavy (non-hydrogen) atoms. The summed E-state index contributed by atoms with van der Waals surface area (Å²) in [6, 6.07) is 0.308. The molecule has 13 heteroatoms.